The summed E-state index contributed by atoms with van der Waals surface area (Å²) in [5.74, 6) is 1.65. The molecule has 2 aromatic rings. The molecule has 1 aliphatic heterocycles. The zero-order valence-corrected chi connectivity index (χ0v) is 16.1. The molecule has 2 N–H and O–H groups in total. The monoisotopic (exact) mass is 397 g/mol. The van der Waals surface area contributed by atoms with Crippen molar-refractivity contribution in [2.75, 3.05) is 25.8 Å². The van der Waals surface area contributed by atoms with Gasteiger partial charge in [0, 0.05) is 24.3 Å². The minimum absolute atomic E-state index is 0.158. The summed E-state index contributed by atoms with van der Waals surface area (Å²) in [6.45, 7) is 0.964. The van der Waals surface area contributed by atoms with Gasteiger partial charge in [0.25, 0.3) is 0 Å². The number of carbonyl (C=O) groups is 2. The second-order valence-corrected chi connectivity index (χ2v) is 7.05. The van der Waals surface area contributed by atoms with Crippen LogP contribution in [0.5, 0.6) is 17.2 Å². The van der Waals surface area contributed by atoms with Gasteiger partial charge in [0.1, 0.15) is 5.75 Å². The number of carbonyl (C=O) groups excluding carboxylic acids is 2. The van der Waals surface area contributed by atoms with E-state index in [1.807, 2.05) is 24.3 Å². The first-order chi connectivity index (χ1) is 14.1. The first-order valence-electron chi connectivity index (χ1n) is 9.48. The summed E-state index contributed by atoms with van der Waals surface area (Å²) in [6, 6.07) is 12.6. The van der Waals surface area contributed by atoms with Crippen LogP contribution in [0.3, 0.4) is 0 Å². The number of ether oxygens (including phenoxy) is 3. The van der Waals surface area contributed by atoms with Crippen molar-refractivity contribution < 1.29 is 23.8 Å². The number of anilines is 1. The fourth-order valence-corrected chi connectivity index (χ4v) is 3.21. The van der Waals surface area contributed by atoms with E-state index in [9.17, 15) is 9.59 Å². The van der Waals surface area contributed by atoms with Gasteiger partial charge in [-0.15, -0.1) is 0 Å². The highest BCUT2D eigenvalue weighted by atomic mass is 16.7. The van der Waals surface area contributed by atoms with Gasteiger partial charge in [-0.1, -0.05) is 12.1 Å². The molecule has 0 bridgehead atoms. The summed E-state index contributed by atoms with van der Waals surface area (Å²) in [5, 5.41) is 5.03. The molecule has 0 spiro atoms. The maximum atomic E-state index is 12.4. The zero-order valence-electron chi connectivity index (χ0n) is 16.1. The molecule has 0 atom stereocenters. The topological polar surface area (TPSA) is 89.1 Å². The maximum absolute atomic E-state index is 12.4. The van der Waals surface area contributed by atoms with Gasteiger partial charge in [-0.2, -0.15) is 0 Å². The fraction of sp³-hybridized carbons (Fsp3) is 0.333. The van der Waals surface area contributed by atoms with Crippen LogP contribution in [-0.4, -0.2) is 43.3 Å². The lowest BCUT2D eigenvalue weighted by Crippen LogP contribution is -2.42. The van der Waals surface area contributed by atoms with Crippen LogP contribution in [0, 0.1) is 0 Å². The lowest BCUT2D eigenvalue weighted by Gasteiger charge is -2.21. The molecule has 2 aliphatic rings. The summed E-state index contributed by atoms with van der Waals surface area (Å²) < 4.78 is 15.7. The maximum Gasteiger partial charge on any atom is 0.325 e. The average molecular weight is 397 g/mol. The van der Waals surface area contributed by atoms with Gasteiger partial charge in [0.2, 0.25) is 12.7 Å². The van der Waals surface area contributed by atoms with Crippen LogP contribution in [-0.2, 0) is 11.3 Å². The van der Waals surface area contributed by atoms with E-state index in [0.29, 0.717) is 29.8 Å². The molecular weight excluding hydrogens is 374 g/mol. The van der Waals surface area contributed by atoms with E-state index in [4.69, 9.17) is 14.2 Å². The number of benzene rings is 2. The Bertz CT molecular complexity index is 896. The van der Waals surface area contributed by atoms with Crippen molar-refractivity contribution in [3.63, 3.8) is 0 Å². The minimum atomic E-state index is -0.575. The lowest BCUT2D eigenvalue weighted by atomic mass is 10.2. The van der Waals surface area contributed by atoms with Gasteiger partial charge in [-0.05, 0) is 42.7 Å². The third-order valence-electron chi connectivity index (χ3n) is 4.84. The van der Waals surface area contributed by atoms with Crippen LogP contribution in [0.4, 0.5) is 10.5 Å². The van der Waals surface area contributed by atoms with Crippen LogP contribution in [0.25, 0.3) is 0 Å². The molecule has 152 valence electrons. The molecule has 1 fully saturated rings. The Morgan fingerprint density at radius 3 is 2.59 bits per heavy atom. The Hall–Kier alpha value is -3.26. The van der Waals surface area contributed by atoms with E-state index in [0.717, 1.165) is 24.2 Å². The Morgan fingerprint density at radius 1 is 1.10 bits per heavy atom. The summed E-state index contributed by atoms with van der Waals surface area (Å²) in [6.07, 6.45) is 2.12. The lowest BCUT2D eigenvalue weighted by molar-refractivity contribution is -0.121. The predicted octanol–water partition coefficient (Wildman–Crippen LogP) is 2.74. The van der Waals surface area contributed by atoms with Gasteiger partial charge in [0.05, 0.1) is 13.7 Å². The number of nitrogens with zero attached hydrogens (tertiary/aromatic N) is 1. The molecule has 3 amide bonds. The normalized spacial score (nSPS) is 14.6. The molecule has 0 saturated heterocycles. The minimum Gasteiger partial charge on any atom is -0.497 e. The van der Waals surface area contributed by atoms with Crippen LogP contribution in [0.15, 0.2) is 42.5 Å². The van der Waals surface area contributed by atoms with E-state index in [-0.39, 0.29) is 19.2 Å². The van der Waals surface area contributed by atoms with Crippen molar-refractivity contribution in [2.45, 2.75) is 25.4 Å². The number of imide groups is 1. The SMILES string of the molecule is COc1ccc(CN(CC(=O)NC(=O)Nc2ccc3c(c2)OCO3)C2CC2)cc1. The summed E-state index contributed by atoms with van der Waals surface area (Å²) in [7, 11) is 1.63. The first-order valence-corrected chi connectivity index (χ1v) is 9.48. The smallest absolute Gasteiger partial charge is 0.325 e. The van der Waals surface area contributed by atoms with Crippen LogP contribution >= 0.6 is 0 Å². The van der Waals surface area contributed by atoms with E-state index >= 15 is 0 Å². The number of hydrogen-bond donors (Lipinski definition) is 2. The van der Waals surface area contributed by atoms with Crippen molar-refractivity contribution in [3.8, 4) is 17.2 Å². The van der Waals surface area contributed by atoms with Gasteiger partial charge >= 0.3 is 6.03 Å². The molecular formula is C21H23N3O5. The van der Waals surface area contributed by atoms with Gasteiger partial charge < -0.3 is 19.5 Å². The van der Waals surface area contributed by atoms with E-state index in [1.165, 1.54) is 0 Å². The Morgan fingerprint density at radius 2 is 1.86 bits per heavy atom. The number of fused-ring (bicyclic) bond motifs is 1. The van der Waals surface area contributed by atoms with E-state index in [2.05, 4.69) is 15.5 Å². The molecule has 8 nitrogen and oxygen atoms in total. The number of urea groups is 1. The van der Waals surface area contributed by atoms with Crippen molar-refractivity contribution in [1.29, 1.82) is 0 Å². The molecule has 0 unspecified atom stereocenters. The number of amides is 3. The first kappa shape index (κ1) is 19.1. The predicted molar refractivity (Wildman–Crippen MR) is 106 cm³/mol. The van der Waals surface area contributed by atoms with Crippen molar-refractivity contribution in [3.05, 3.63) is 48.0 Å². The summed E-state index contributed by atoms with van der Waals surface area (Å²) >= 11 is 0. The highest BCUT2D eigenvalue weighted by Gasteiger charge is 2.30. The van der Waals surface area contributed by atoms with E-state index < -0.39 is 6.03 Å². The molecule has 1 saturated carbocycles. The van der Waals surface area contributed by atoms with Gasteiger partial charge in [0.15, 0.2) is 11.5 Å². The van der Waals surface area contributed by atoms with Crippen molar-refractivity contribution in [2.24, 2.45) is 0 Å². The quantitative estimate of drug-likeness (QED) is 0.747. The third kappa shape index (κ3) is 4.97. The van der Waals surface area contributed by atoms with Gasteiger partial charge in [-0.3, -0.25) is 15.0 Å². The number of methoxy groups -OCH3 is 1. The molecule has 1 heterocycles. The average Bonchev–Trinajstić information content (AvgIpc) is 3.45. The summed E-state index contributed by atoms with van der Waals surface area (Å²) in [4.78, 5) is 26.6. The highest BCUT2D eigenvalue weighted by Crippen LogP contribution is 2.34. The van der Waals surface area contributed by atoms with Crippen LogP contribution in [0.1, 0.15) is 18.4 Å². The Labute approximate surface area is 168 Å². The second-order valence-electron chi connectivity index (χ2n) is 7.05. The zero-order chi connectivity index (χ0) is 20.2. The molecule has 0 radical (unpaired) electrons. The third-order valence-corrected chi connectivity index (χ3v) is 4.84. The fourth-order valence-electron chi connectivity index (χ4n) is 3.21. The Balaban J connectivity index is 1.30. The van der Waals surface area contributed by atoms with E-state index in [1.54, 1.807) is 25.3 Å². The molecule has 8 heteroatoms. The van der Waals surface area contributed by atoms with Crippen molar-refractivity contribution >= 4 is 17.6 Å². The molecule has 2 aromatic carbocycles. The molecule has 4 rings (SSSR count). The molecule has 29 heavy (non-hydrogen) atoms. The largest absolute Gasteiger partial charge is 0.497 e. The molecule has 0 aromatic heterocycles. The second kappa shape index (κ2) is 8.40. The number of rotatable bonds is 7. The summed E-state index contributed by atoms with van der Waals surface area (Å²) in [5.41, 5.74) is 1.62. The van der Waals surface area contributed by atoms with Crippen LogP contribution in [0.2, 0.25) is 0 Å². The van der Waals surface area contributed by atoms with Crippen LogP contribution < -0.4 is 24.8 Å². The highest BCUT2D eigenvalue weighted by molar-refractivity contribution is 6.01. The van der Waals surface area contributed by atoms with Crippen molar-refractivity contribution in [1.82, 2.24) is 10.2 Å². The van der Waals surface area contributed by atoms with Gasteiger partial charge in [-0.25, -0.2) is 4.79 Å². The molecule has 1 aliphatic carbocycles. The number of nitrogens with one attached hydrogen (secondary N) is 2. The number of hydrogen-bond acceptors (Lipinski definition) is 6. The Kier molecular flexibility index (Phi) is 5.53. The standard InChI is InChI=1S/C21H23N3O5/c1-27-17-7-2-14(3-8-17)11-24(16-5-6-16)12-20(25)23-21(26)22-15-4-9-18-19(10-15)29-13-28-18/h2-4,7-10,16H,5-6,11-13H2,1H3,(H2,22,23,25,26).